The number of carbonyl (C=O) groups excluding carboxylic acids is 2. The fourth-order valence-corrected chi connectivity index (χ4v) is 4.88. The molecule has 1 saturated carbocycles. The Morgan fingerprint density at radius 1 is 1.13 bits per heavy atom. The summed E-state index contributed by atoms with van der Waals surface area (Å²) < 4.78 is 31.7. The van der Waals surface area contributed by atoms with E-state index in [2.05, 4.69) is 5.32 Å². The predicted octanol–water partition coefficient (Wildman–Crippen LogP) is 2.14. The molecule has 2 aliphatic rings. The first-order chi connectivity index (χ1) is 14.2. The van der Waals surface area contributed by atoms with Gasteiger partial charge in [-0.15, -0.1) is 0 Å². The first-order valence-electron chi connectivity index (χ1n) is 10.5. The number of benzene rings is 1. The number of nitrogens with zero attached hydrogens (tertiary/aromatic N) is 2. The van der Waals surface area contributed by atoms with Gasteiger partial charge < -0.3 is 15.0 Å². The van der Waals surface area contributed by atoms with E-state index in [0.29, 0.717) is 5.69 Å². The van der Waals surface area contributed by atoms with Crippen molar-refractivity contribution in [3.63, 3.8) is 0 Å². The van der Waals surface area contributed by atoms with Crippen molar-refractivity contribution < 1.29 is 22.7 Å². The largest absolute Gasteiger partial charge is 0.449 e. The first kappa shape index (κ1) is 22.6. The highest BCUT2D eigenvalue weighted by atomic mass is 32.2. The molecule has 0 radical (unpaired) electrons. The van der Waals surface area contributed by atoms with Crippen LogP contribution in [0.3, 0.4) is 0 Å². The fourth-order valence-electron chi connectivity index (χ4n) is 3.95. The van der Waals surface area contributed by atoms with Gasteiger partial charge in [0.15, 0.2) is 6.10 Å². The normalized spacial score (nSPS) is 18.6. The van der Waals surface area contributed by atoms with Crippen LogP contribution in [0, 0.1) is 0 Å². The van der Waals surface area contributed by atoms with Gasteiger partial charge in [-0.25, -0.2) is 17.5 Å². The number of amides is 1. The number of nitrogens with one attached hydrogen (secondary N) is 1. The molecule has 1 atom stereocenters. The molecule has 0 bridgehead atoms. The van der Waals surface area contributed by atoms with E-state index in [-0.39, 0.29) is 22.4 Å². The zero-order chi connectivity index (χ0) is 21.9. The Morgan fingerprint density at radius 2 is 1.77 bits per heavy atom. The Balaban J connectivity index is 1.83. The summed E-state index contributed by atoms with van der Waals surface area (Å²) in [6, 6.07) is 4.65. The van der Waals surface area contributed by atoms with E-state index in [1.807, 2.05) is 4.90 Å². The minimum absolute atomic E-state index is 0.0189. The van der Waals surface area contributed by atoms with Gasteiger partial charge >= 0.3 is 5.97 Å². The number of anilines is 1. The summed E-state index contributed by atoms with van der Waals surface area (Å²) in [6.45, 7) is 3.12. The number of hydrogen-bond acceptors (Lipinski definition) is 6. The number of esters is 1. The van der Waals surface area contributed by atoms with Crippen molar-refractivity contribution in [3.8, 4) is 0 Å². The molecule has 0 aromatic heterocycles. The Hall–Kier alpha value is -2.13. The summed E-state index contributed by atoms with van der Waals surface area (Å²) in [7, 11) is -0.823. The van der Waals surface area contributed by atoms with E-state index >= 15 is 0 Å². The molecule has 0 spiro atoms. The molecule has 1 saturated heterocycles. The topological polar surface area (TPSA) is 96.0 Å². The summed E-state index contributed by atoms with van der Waals surface area (Å²) in [5.41, 5.74) is 0.805. The molecule has 166 valence electrons. The van der Waals surface area contributed by atoms with Crippen LogP contribution in [0.1, 0.15) is 55.8 Å². The minimum Gasteiger partial charge on any atom is -0.449 e. The van der Waals surface area contributed by atoms with Gasteiger partial charge in [0.2, 0.25) is 10.0 Å². The summed E-state index contributed by atoms with van der Waals surface area (Å²) in [5, 5.41) is 2.93. The Bertz CT molecular complexity index is 888. The quantitative estimate of drug-likeness (QED) is 0.657. The maximum atomic E-state index is 13.0. The van der Waals surface area contributed by atoms with Crippen molar-refractivity contribution in [1.29, 1.82) is 0 Å². The maximum absolute atomic E-state index is 13.0. The Labute approximate surface area is 178 Å². The highest BCUT2D eigenvalue weighted by Crippen LogP contribution is 2.29. The number of sulfonamides is 1. The van der Waals surface area contributed by atoms with Crippen molar-refractivity contribution in [2.45, 2.75) is 62.5 Å². The number of rotatable bonds is 7. The molecular weight excluding hydrogens is 406 g/mol. The second-order valence-corrected chi connectivity index (χ2v) is 10.3. The van der Waals surface area contributed by atoms with Gasteiger partial charge in [-0.3, -0.25) is 4.79 Å². The van der Waals surface area contributed by atoms with Crippen LogP contribution in [-0.2, 0) is 19.6 Å². The summed E-state index contributed by atoms with van der Waals surface area (Å²) >= 11 is 0. The Kier molecular flexibility index (Phi) is 7.02. The monoisotopic (exact) mass is 437 g/mol. The number of ether oxygens (including phenoxy) is 1. The zero-order valence-electron chi connectivity index (χ0n) is 17.9. The van der Waals surface area contributed by atoms with E-state index in [9.17, 15) is 18.0 Å². The molecule has 8 nitrogen and oxygen atoms in total. The molecule has 3 rings (SSSR count). The molecule has 1 heterocycles. The van der Waals surface area contributed by atoms with Crippen LogP contribution in [0.4, 0.5) is 5.69 Å². The average molecular weight is 438 g/mol. The van der Waals surface area contributed by atoms with Crippen molar-refractivity contribution in [1.82, 2.24) is 9.62 Å². The highest BCUT2D eigenvalue weighted by Gasteiger charge is 2.28. The lowest BCUT2D eigenvalue weighted by Crippen LogP contribution is -2.41. The fraction of sp³-hybridized carbons (Fsp3) is 0.619. The van der Waals surface area contributed by atoms with Gasteiger partial charge in [-0.2, -0.15) is 0 Å². The van der Waals surface area contributed by atoms with Crippen LogP contribution in [0.15, 0.2) is 23.1 Å². The van der Waals surface area contributed by atoms with E-state index < -0.39 is 22.1 Å². The highest BCUT2D eigenvalue weighted by molar-refractivity contribution is 7.89. The lowest BCUT2D eigenvalue weighted by atomic mass is 10.1. The van der Waals surface area contributed by atoms with Crippen molar-refractivity contribution in [2.75, 3.05) is 32.1 Å². The SMILES string of the molecule is C[C@H](OC(=O)c1cc(S(=O)(=O)N(C)C)ccc1N1CCCC1)C(=O)NC1CCCC1. The molecule has 2 fully saturated rings. The second-order valence-electron chi connectivity index (χ2n) is 8.20. The lowest BCUT2D eigenvalue weighted by Gasteiger charge is -2.23. The van der Waals surface area contributed by atoms with E-state index in [1.165, 1.54) is 33.2 Å². The molecule has 1 aliphatic carbocycles. The summed E-state index contributed by atoms with van der Waals surface area (Å²) in [6.07, 6.45) is 5.11. The molecule has 9 heteroatoms. The van der Waals surface area contributed by atoms with Crippen LogP contribution in [0.5, 0.6) is 0 Å². The van der Waals surface area contributed by atoms with Gasteiger partial charge in [0.1, 0.15) is 0 Å². The van der Waals surface area contributed by atoms with Crippen molar-refractivity contribution in [3.05, 3.63) is 23.8 Å². The van der Waals surface area contributed by atoms with E-state index in [1.54, 1.807) is 6.07 Å². The third-order valence-electron chi connectivity index (χ3n) is 5.77. The summed E-state index contributed by atoms with van der Waals surface area (Å²) in [4.78, 5) is 27.5. The van der Waals surface area contributed by atoms with Gasteiger partial charge in [-0.05, 0) is 50.8 Å². The second kappa shape index (κ2) is 9.34. The molecule has 1 amide bonds. The van der Waals surface area contributed by atoms with Crippen LogP contribution in [0.2, 0.25) is 0 Å². The van der Waals surface area contributed by atoms with Crippen LogP contribution in [-0.4, -0.2) is 63.9 Å². The molecule has 1 aromatic carbocycles. The van der Waals surface area contributed by atoms with Crippen LogP contribution < -0.4 is 10.2 Å². The van der Waals surface area contributed by atoms with E-state index in [0.717, 1.165) is 55.9 Å². The summed E-state index contributed by atoms with van der Waals surface area (Å²) in [5.74, 6) is -1.02. The minimum atomic E-state index is -3.71. The van der Waals surface area contributed by atoms with Crippen molar-refractivity contribution in [2.24, 2.45) is 0 Å². The third-order valence-corrected chi connectivity index (χ3v) is 7.58. The third kappa shape index (κ3) is 4.95. The van der Waals surface area contributed by atoms with Gasteiger partial charge in [0, 0.05) is 33.2 Å². The molecule has 30 heavy (non-hydrogen) atoms. The van der Waals surface area contributed by atoms with E-state index in [4.69, 9.17) is 4.74 Å². The predicted molar refractivity (Wildman–Crippen MR) is 114 cm³/mol. The molecule has 1 aliphatic heterocycles. The van der Waals surface area contributed by atoms with Crippen LogP contribution >= 0.6 is 0 Å². The molecule has 1 N–H and O–H groups in total. The van der Waals surface area contributed by atoms with Crippen LogP contribution in [0.25, 0.3) is 0 Å². The number of carbonyl (C=O) groups is 2. The molecular formula is C21H31N3O5S. The molecule has 0 unspecified atom stereocenters. The Morgan fingerprint density at radius 3 is 2.37 bits per heavy atom. The number of hydrogen-bond donors (Lipinski definition) is 1. The van der Waals surface area contributed by atoms with Gasteiger partial charge in [0.05, 0.1) is 16.1 Å². The first-order valence-corrected chi connectivity index (χ1v) is 12.0. The van der Waals surface area contributed by atoms with Crippen molar-refractivity contribution >= 4 is 27.6 Å². The standard InChI is InChI=1S/C21H31N3O5S/c1-15(20(25)22-16-8-4-5-9-16)29-21(26)18-14-17(30(27,28)23(2)3)10-11-19(18)24-12-6-7-13-24/h10-11,14-16H,4-9,12-13H2,1-3H3,(H,22,25)/t15-/m0/s1. The zero-order valence-corrected chi connectivity index (χ0v) is 18.7. The average Bonchev–Trinajstić information content (AvgIpc) is 3.41. The smallest absolute Gasteiger partial charge is 0.341 e. The maximum Gasteiger partial charge on any atom is 0.341 e. The molecule has 1 aromatic rings. The van der Waals surface area contributed by atoms with Gasteiger partial charge in [0.25, 0.3) is 5.91 Å². The lowest BCUT2D eigenvalue weighted by molar-refractivity contribution is -0.129. The van der Waals surface area contributed by atoms with Gasteiger partial charge in [-0.1, -0.05) is 12.8 Å².